The first kappa shape index (κ1) is 15.5. The van der Waals surface area contributed by atoms with Crippen molar-refractivity contribution in [2.45, 2.75) is 45.8 Å². The Morgan fingerprint density at radius 3 is 3.00 bits per heavy atom. The molecule has 2 heterocycles. The van der Waals surface area contributed by atoms with Crippen LogP contribution in [0.4, 0.5) is 11.8 Å². The average Bonchev–Trinajstić information content (AvgIpc) is 2.46. The summed E-state index contributed by atoms with van der Waals surface area (Å²) < 4.78 is 6.69. The lowest BCUT2D eigenvalue weighted by Gasteiger charge is -2.39. The van der Waals surface area contributed by atoms with E-state index in [1.165, 1.54) is 0 Å². The van der Waals surface area contributed by atoms with E-state index < -0.39 is 0 Å². The van der Waals surface area contributed by atoms with Crippen molar-refractivity contribution >= 4 is 27.7 Å². The molecular weight excluding hydrogens is 320 g/mol. The molecule has 0 bridgehead atoms. The van der Waals surface area contributed by atoms with Crippen molar-refractivity contribution in [2.75, 3.05) is 29.9 Å². The molecule has 1 aromatic rings. The third-order valence-corrected chi connectivity index (χ3v) is 4.03. The van der Waals surface area contributed by atoms with Gasteiger partial charge in [0.05, 0.1) is 23.2 Å². The largest absolute Gasteiger partial charge is 0.375 e. The van der Waals surface area contributed by atoms with Crippen molar-refractivity contribution in [2.24, 2.45) is 0 Å². The maximum atomic E-state index is 5.75. The predicted octanol–water partition coefficient (Wildman–Crippen LogP) is 3.06. The van der Waals surface area contributed by atoms with E-state index in [4.69, 9.17) is 4.74 Å². The van der Waals surface area contributed by atoms with Gasteiger partial charge < -0.3 is 15.0 Å². The van der Waals surface area contributed by atoms with Crippen LogP contribution in [0.5, 0.6) is 0 Å². The molecule has 1 fully saturated rings. The van der Waals surface area contributed by atoms with E-state index in [-0.39, 0.29) is 6.10 Å². The number of halogens is 1. The van der Waals surface area contributed by atoms with E-state index in [2.05, 4.69) is 56.9 Å². The molecule has 0 saturated carbocycles. The highest BCUT2D eigenvalue weighted by molar-refractivity contribution is 9.10. The number of hydrogen-bond donors (Lipinski definition) is 1. The van der Waals surface area contributed by atoms with Crippen LogP contribution in [0, 0.1) is 0 Å². The van der Waals surface area contributed by atoms with E-state index in [0.29, 0.717) is 12.0 Å². The van der Waals surface area contributed by atoms with Crippen LogP contribution in [0.25, 0.3) is 0 Å². The van der Waals surface area contributed by atoms with Gasteiger partial charge in [0.25, 0.3) is 0 Å². The van der Waals surface area contributed by atoms with Crippen molar-refractivity contribution < 1.29 is 4.74 Å². The number of aromatic nitrogens is 2. The highest BCUT2D eigenvalue weighted by Crippen LogP contribution is 2.29. The molecule has 5 nitrogen and oxygen atoms in total. The third-order valence-electron chi connectivity index (χ3n) is 3.47. The second kappa shape index (κ2) is 7.22. The van der Waals surface area contributed by atoms with Crippen molar-refractivity contribution in [3.05, 3.63) is 10.7 Å². The van der Waals surface area contributed by atoms with E-state index in [1.807, 2.05) is 6.20 Å². The topological polar surface area (TPSA) is 50.3 Å². The molecule has 2 rings (SSSR count). The van der Waals surface area contributed by atoms with E-state index in [0.717, 1.165) is 42.8 Å². The highest BCUT2D eigenvalue weighted by Gasteiger charge is 2.28. The first-order valence-corrected chi connectivity index (χ1v) is 8.09. The minimum Gasteiger partial charge on any atom is -0.375 e. The van der Waals surface area contributed by atoms with Crippen LogP contribution in [0.2, 0.25) is 0 Å². The molecule has 112 valence electrons. The van der Waals surface area contributed by atoms with Gasteiger partial charge in [-0.25, -0.2) is 4.98 Å². The highest BCUT2D eigenvalue weighted by atomic mass is 79.9. The van der Waals surface area contributed by atoms with E-state index >= 15 is 0 Å². The van der Waals surface area contributed by atoms with Gasteiger partial charge in [0.1, 0.15) is 5.82 Å². The van der Waals surface area contributed by atoms with Gasteiger partial charge in [-0.2, -0.15) is 4.98 Å². The molecular formula is C14H23BrN4O. The Balaban J connectivity index is 2.24. The van der Waals surface area contributed by atoms with Crippen LogP contribution in [0.15, 0.2) is 10.7 Å². The standard InChI is InChI=1S/C14H23BrN4O/c1-4-6-16-14-17-7-12(15)13(18-14)19-8-10(3)20-9-11(19)5-2/h7,10-11H,4-6,8-9H2,1-3H3,(H,16,17,18). The molecule has 0 radical (unpaired) electrons. The van der Waals surface area contributed by atoms with Gasteiger partial charge in [-0.3, -0.25) is 0 Å². The molecule has 1 aliphatic rings. The average molecular weight is 343 g/mol. The summed E-state index contributed by atoms with van der Waals surface area (Å²) in [6.45, 7) is 8.92. The zero-order chi connectivity index (χ0) is 14.5. The van der Waals surface area contributed by atoms with Crippen LogP contribution < -0.4 is 10.2 Å². The van der Waals surface area contributed by atoms with Gasteiger partial charge in [0.2, 0.25) is 5.95 Å². The lowest BCUT2D eigenvalue weighted by Crippen LogP contribution is -2.49. The molecule has 2 unspecified atom stereocenters. The molecule has 2 atom stereocenters. The van der Waals surface area contributed by atoms with Gasteiger partial charge >= 0.3 is 0 Å². The summed E-state index contributed by atoms with van der Waals surface area (Å²) >= 11 is 3.58. The van der Waals surface area contributed by atoms with Crippen LogP contribution in [-0.4, -0.2) is 41.8 Å². The molecule has 0 spiro atoms. The third kappa shape index (κ3) is 3.61. The number of hydrogen-bond acceptors (Lipinski definition) is 5. The Morgan fingerprint density at radius 2 is 2.30 bits per heavy atom. The van der Waals surface area contributed by atoms with Crippen molar-refractivity contribution in [3.8, 4) is 0 Å². The molecule has 0 aromatic carbocycles. The van der Waals surface area contributed by atoms with Gasteiger partial charge in [0.15, 0.2) is 0 Å². The molecule has 0 amide bonds. The second-order valence-electron chi connectivity index (χ2n) is 5.15. The Bertz CT molecular complexity index is 443. The quantitative estimate of drug-likeness (QED) is 0.891. The fourth-order valence-corrected chi connectivity index (χ4v) is 2.74. The van der Waals surface area contributed by atoms with Crippen LogP contribution >= 0.6 is 15.9 Å². The summed E-state index contributed by atoms with van der Waals surface area (Å²) in [4.78, 5) is 11.3. The SMILES string of the molecule is CCCNc1ncc(Br)c(N2CC(C)OCC2CC)n1. The summed E-state index contributed by atoms with van der Waals surface area (Å²) in [7, 11) is 0. The molecule has 6 heteroatoms. The minimum atomic E-state index is 0.228. The first-order chi connectivity index (χ1) is 9.65. The van der Waals surface area contributed by atoms with Crippen LogP contribution in [0.3, 0.4) is 0 Å². The van der Waals surface area contributed by atoms with Gasteiger partial charge in [-0.15, -0.1) is 0 Å². The first-order valence-electron chi connectivity index (χ1n) is 7.30. The van der Waals surface area contributed by atoms with Gasteiger partial charge in [-0.05, 0) is 35.7 Å². The lowest BCUT2D eigenvalue weighted by atomic mass is 10.1. The van der Waals surface area contributed by atoms with E-state index in [1.54, 1.807) is 0 Å². The maximum absolute atomic E-state index is 5.75. The van der Waals surface area contributed by atoms with Crippen LogP contribution in [-0.2, 0) is 4.74 Å². The molecule has 20 heavy (non-hydrogen) atoms. The lowest BCUT2D eigenvalue weighted by molar-refractivity contribution is 0.0295. The van der Waals surface area contributed by atoms with Gasteiger partial charge in [0, 0.05) is 19.3 Å². The molecule has 1 saturated heterocycles. The number of anilines is 2. The van der Waals surface area contributed by atoms with Crippen molar-refractivity contribution in [3.63, 3.8) is 0 Å². The normalized spacial score (nSPS) is 22.9. The Hall–Kier alpha value is -0.880. The smallest absolute Gasteiger partial charge is 0.224 e. The molecule has 1 aliphatic heterocycles. The monoisotopic (exact) mass is 342 g/mol. The summed E-state index contributed by atoms with van der Waals surface area (Å²) in [5, 5.41) is 3.24. The summed E-state index contributed by atoms with van der Waals surface area (Å²) in [6.07, 6.45) is 4.15. The zero-order valence-electron chi connectivity index (χ0n) is 12.4. The molecule has 1 N–H and O–H groups in total. The Labute approximate surface area is 129 Å². The zero-order valence-corrected chi connectivity index (χ0v) is 14.0. The minimum absolute atomic E-state index is 0.228. The van der Waals surface area contributed by atoms with Crippen LogP contribution in [0.1, 0.15) is 33.6 Å². The Kier molecular flexibility index (Phi) is 5.60. The Morgan fingerprint density at radius 1 is 1.50 bits per heavy atom. The number of ether oxygens (including phenoxy) is 1. The van der Waals surface area contributed by atoms with Crippen molar-refractivity contribution in [1.29, 1.82) is 0 Å². The fraction of sp³-hybridized carbons (Fsp3) is 0.714. The fourth-order valence-electron chi connectivity index (χ4n) is 2.32. The maximum Gasteiger partial charge on any atom is 0.224 e. The van der Waals surface area contributed by atoms with E-state index in [9.17, 15) is 0 Å². The summed E-state index contributed by atoms with van der Waals surface area (Å²) in [5.74, 6) is 1.65. The summed E-state index contributed by atoms with van der Waals surface area (Å²) in [5.41, 5.74) is 0. The number of morpholine rings is 1. The molecule has 1 aromatic heterocycles. The number of nitrogens with one attached hydrogen (secondary N) is 1. The predicted molar refractivity (Wildman–Crippen MR) is 85.4 cm³/mol. The second-order valence-corrected chi connectivity index (χ2v) is 6.00. The number of nitrogens with zero attached hydrogens (tertiary/aromatic N) is 3. The van der Waals surface area contributed by atoms with Gasteiger partial charge in [-0.1, -0.05) is 13.8 Å². The number of rotatable bonds is 5. The van der Waals surface area contributed by atoms with Crippen molar-refractivity contribution in [1.82, 2.24) is 9.97 Å². The summed E-state index contributed by atoms with van der Waals surface area (Å²) in [6, 6.07) is 0.372. The molecule has 0 aliphatic carbocycles.